The molecule has 0 aliphatic rings. The first kappa shape index (κ1) is 13.4. The van der Waals surface area contributed by atoms with Crippen LogP contribution in [0.1, 0.15) is 13.3 Å². The van der Waals surface area contributed by atoms with E-state index in [1.807, 2.05) is 6.92 Å². The first-order chi connectivity index (χ1) is 7.86. The van der Waals surface area contributed by atoms with Gasteiger partial charge in [0.25, 0.3) is 5.69 Å². The summed E-state index contributed by atoms with van der Waals surface area (Å²) in [5.41, 5.74) is 0.116. The molecule has 0 heterocycles. The second kappa shape index (κ2) is 5.13. The Hall–Kier alpha value is -1.63. The summed E-state index contributed by atoms with van der Waals surface area (Å²) in [5.74, 6) is 0. The largest absolute Gasteiger partial charge is 0.380 e. The summed E-state index contributed by atoms with van der Waals surface area (Å²) >= 11 is 0. The molecule has 0 fully saturated rings. The maximum Gasteiger partial charge on any atom is 0.293 e. The van der Waals surface area contributed by atoms with Crippen LogP contribution in [0.3, 0.4) is 0 Å². The van der Waals surface area contributed by atoms with Crippen LogP contribution in [-0.4, -0.2) is 26.1 Å². The monoisotopic (exact) mass is 258 g/mol. The highest BCUT2D eigenvalue weighted by Crippen LogP contribution is 2.27. The fourth-order valence-electron chi connectivity index (χ4n) is 1.30. The van der Waals surface area contributed by atoms with Crippen molar-refractivity contribution in [3.63, 3.8) is 0 Å². The molecule has 0 bridgehead atoms. The van der Waals surface area contributed by atoms with Crippen molar-refractivity contribution in [1.82, 2.24) is 0 Å². The third-order valence-corrected chi connectivity index (χ3v) is 3.27. The van der Waals surface area contributed by atoms with Gasteiger partial charge in [0.2, 0.25) is 0 Å². The molecular weight excluding hydrogens is 244 g/mol. The van der Waals surface area contributed by atoms with Crippen molar-refractivity contribution >= 4 is 21.2 Å². The number of nitro groups is 1. The highest BCUT2D eigenvalue weighted by molar-refractivity contribution is 7.90. The van der Waals surface area contributed by atoms with E-state index >= 15 is 0 Å². The van der Waals surface area contributed by atoms with Crippen LogP contribution < -0.4 is 5.32 Å². The Morgan fingerprint density at radius 3 is 2.53 bits per heavy atom. The van der Waals surface area contributed by atoms with E-state index in [9.17, 15) is 18.5 Å². The standard InChI is InChI=1S/C10H14N2O4S/c1-3-6-11-9-5-4-8(17(2,15)16)7-10(9)12(13)14/h4-5,7,11H,3,6H2,1-2H3. The molecule has 0 saturated heterocycles. The Bertz CT molecular complexity index is 525. The lowest BCUT2D eigenvalue weighted by Crippen LogP contribution is -2.05. The van der Waals surface area contributed by atoms with Crippen molar-refractivity contribution < 1.29 is 13.3 Å². The lowest BCUT2D eigenvalue weighted by molar-refractivity contribution is -0.384. The van der Waals surface area contributed by atoms with Crippen LogP contribution in [0.5, 0.6) is 0 Å². The van der Waals surface area contributed by atoms with Crippen LogP contribution in [0.4, 0.5) is 11.4 Å². The van der Waals surface area contributed by atoms with E-state index in [0.717, 1.165) is 18.7 Å². The normalized spacial score (nSPS) is 11.2. The minimum absolute atomic E-state index is 0.0498. The average Bonchev–Trinajstić information content (AvgIpc) is 2.24. The number of rotatable bonds is 5. The second-order valence-electron chi connectivity index (χ2n) is 3.64. The molecule has 0 radical (unpaired) electrons. The Morgan fingerprint density at radius 2 is 2.06 bits per heavy atom. The van der Waals surface area contributed by atoms with Crippen LogP contribution in [0.15, 0.2) is 23.1 Å². The summed E-state index contributed by atoms with van der Waals surface area (Å²) in [5, 5.41) is 13.7. The van der Waals surface area contributed by atoms with Gasteiger partial charge in [-0.05, 0) is 18.6 Å². The minimum atomic E-state index is -3.43. The summed E-state index contributed by atoms with van der Waals surface area (Å²) in [4.78, 5) is 10.2. The van der Waals surface area contributed by atoms with Gasteiger partial charge in [-0.1, -0.05) is 6.92 Å². The van der Waals surface area contributed by atoms with Crippen molar-refractivity contribution in [2.75, 3.05) is 18.1 Å². The van der Waals surface area contributed by atoms with Gasteiger partial charge in [-0.25, -0.2) is 8.42 Å². The smallest absolute Gasteiger partial charge is 0.293 e. The molecule has 0 amide bonds. The van der Waals surface area contributed by atoms with Crippen molar-refractivity contribution in [2.24, 2.45) is 0 Å². The Morgan fingerprint density at radius 1 is 1.41 bits per heavy atom. The maximum absolute atomic E-state index is 11.3. The predicted octanol–water partition coefficient (Wildman–Crippen LogP) is 1.82. The molecule has 0 atom stereocenters. The number of hydrogen-bond acceptors (Lipinski definition) is 5. The number of nitrogens with one attached hydrogen (secondary N) is 1. The number of benzene rings is 1. The van der Waals surface area contributed by atoms with E-state index in [1.54, 1.807) is 0 Å². The van der Waals surface area contributed by atoms with Crippen LogP contribution in [0.25, 0.3) is 0 Å². The SMILES string of the molecule is CCCNc1ccc(S(C)(=O)=O)cc1[N+](=O)[O-]. The zero-order valence-electron chi connectivity index (χ0n) is 9.63. The highest BCUT2D eigenvalue weighted by Gasteiger charge is 2.18. The van der Waals surface area contributed by atoms with E-state index in [2.05, 4.69) is 5.32 Å². The third kappa shape index (κ3) is 3.42. The first-order valence-electron chi connectivity index (χ1n) is 5.08. The molecule has 7 heteroatoms. The van der Waals surface area contributed by atoms with Gasteiger partial charge in [-0.3, -0.25) is 10.1 Å². The van der Waals surface area contributed by atoms with Crippen molar-refractivity contribution in [3.8, 4) is 0 Å². The van der Waals surface area contributed by atoms with E-state index in [1.165, 1.54) is 12.1 Å². The lowest BCUT2D eigenvalue weighted by Gasteiger charge is -2.06. The van der Waals surface area contributed by atoms with Gasteiger partial charge in [-0.2, -0.15) is 0 Å². The molecule has 0 unspecified atom stereocenters. The molecule has 6 nitrogen and oxygen atoms in total. The molecule has 0 aromatic heterocycles. The lowest BCUT2D eigenvalue weighted by atomic mass is 10.2. The summed E-state index contributed by atoms with van der Waals surface area (Å²) in [6.45, 7) is 2.53. The first-order valence-corrected chi connectivity index (χ1v) is 6.97. The number of hydrogen-bond donors (Lipinski definition) is 1. The zero-order valence-corrected chi connectivity index (χ0v) is 10.5. The van der Waals surface area contributed by atoms with Gasteiger partial charge < -0.3 is 5.32 Å². The van der Waals surface area contributed by atoms with Crippen LogP contribution in [0.2, 0.25) is 0 Å². The fourth-order valence-corrected chi connectivity index (χ4v) is 1.94. The van der Waals surface area contributed by atoms with Crippen molar-refractivity contribution in [3.05, 3.63) is 28.3 Å². The molecule has 94 valence electrons. The van der Waals surface area contributed by atoms with Gasteiger partial charge in [0.05, 0.1) is 9.82 Å². The van der Waals surface area contributed by atoms with Gasteiger partial charge in [0.15, 0.2) is 9.84 Å². The van der Waals surface area contributed by atoms with E-state index in [4.69, 9.17) is 0 Å². The Kier molecular flexibility index (Phi) is 4.06. The number of nitro benzene ring substituents is 1. The second-order valence-corrected chi connectivity index (χ2v) is 5.65. The zero-order chi connectivity index (χ0) is 13.1. The Balaban J connectivity index is 3.22. The molecule has 1 aromatic carbocycles. The van der Waals surface area contributed by atoms with E-state index < -0.39 is 14.8 Å². The summed E-state index contributed by atoms with van der Waals surface area (Å²) in [7, 11) is -3.43. The quantitative estimate of drug-likeness (QED) is 0.642. The fraction of sp³-hybridized carbons (Fsp3) is 0.400. The van der Waals surface area contributed by atoms with Crippen LogP contribution in [-0.2, 0) is 9.84 Å². The molecule has 1 aromatic rings. The third-order valence-electron chi connectivity index (χ3n) is 2.16. The number of sulfone groups is 1. The highest BCUT2D eigenvalue weighted by atomic mass is 32.2. The molecule has 0 aliphatic heterocycles. The average molecular weight is 258 g/mol. The van der Waals surface area contributed by atoms with Gasteiger partial charge in [0, 0.05) is 18.9 Å². The maximum atomic E-state index is 11.3. The summed E-state index contributed by atoms with van der Waals surface area (Å²) < 4.78 is 22.6. The number of anilines is 1. The van der Waals surface area contributed by atoms with Gasteiger partial charge in [0.1, 0.15) is 5.69 Å². The molecule has 0 aliphatic carbocycles. The minimum Gasteiger partial charge on any atom is -0.380 e. The molecular formula is C10H14N2O4S. The molecule has 1 N–H and O–H groups in total. The predicted molar refractivity (Wildman–Crippen MR) is 65.0 cm³/mol. The van der Waals surface area contributed by atoms with Gasteiger partial charge >= 0.3 is 0 Å². The van der Waals surface area contributed by atoms with Crippen LogP contribution in [0, 0.1) is 10.1 Å². The molecule has 17 heavy (non-hydrogen) atoms. The van der Waals surface area contributed by atoms with E-state index in [-0.39, 0.29) is 10.6 Å². The molecule has 1 rings (SSSR count). The van der Waals surface area contributed by atoms with Crippen molar-refractivity contribution in [1.29, 1.82) is 0 Å². The topological polar surface area (TPSA) is 89.3 Å². The Labute approximate surface area is 99.7 Å². The molecule has 0 spiro atoms. The number of nitrogens with zero attached hydrogens (tertiary/aromatic N) is 1. The van der Waals surface area contributed by atoms with Gasteiger partial charge in [-0.15, -0.1) is 0 Å². The summed E-state index contributed by atoms with van der Waals surface area (Å²) in [6, 6.07) is 3.86. The van der Waals surface area contributed by atoms with Crippen molar-refractivity contribution in [2.45, 2.75) is 18.2 Å². The van der Waals surface area contributed by atoms with Crippen LogP contribution >= 0.6 is 0 Å². The summed E-state index contributed by atoms with van der Waals surface area (Å²) in [6.07, 6.45) is 1.84. The molecule has 0 saturated carbocycles. The van der Waals surface area contributed by atoms with E-state index in [0.29, 0.717) is 12.2 Å².